The topological polar surface area (TPSA) is 83.3 Å². The Bertz CT molecular complexity index is 1030. The number of nitrogens with one attached hydrogen (secondary N) is 3. The summed E-state index contributed by atoms with van der Waals surface area (Å²) in [7, 11) is 1.76. The molecule has 0 atom stereocenters. The van der Waals surface area contributed by atoms with Crippen LogP contribution in [0, 0.1) is 5.92 Å². The van der Waals surface area contributed by atoms with Gasteiger partial charge in [0.2, 0.25) is 5.91 Å². The van der Waals surface area contributed by atoms with Gasteiger partial charge in [0.1, 0.15) is 0 Å². The third kappa shape index (κ3) is 8.88. The van der Waals surface area contributed by atoms with Gasteiger partial charge in [0.15, 0.2) is 5.96 Å². The van der Waals surface area contributed by atoms with Crippen LogP contribution in [0.15, 0.2) is 72.0 Å². The molecule has 0 fully saturated rings. The van der Waals surface area contributed by atoms with Crippen molar-refractivity contribution >= 4 is 41.5 Å². The summed E-state index contributed by atoms with van der Waals surface area (Å²) in [6.07, 6.45) is 4.27. The fraction of sp³-hybridized carbons (Fsp3) is 0.320. The van der Waals surface area contributed by atoms with E-state index >= 15 is 0 Å². The summed E-state index contributed by atoms with van der Waals surface area (Å²) in [4.78, 5) is 16.4. The molecule has 0 saturated carbocycles. The number of anilines is 1. The summed E-state index contributed by atoms with van der Waals surface area (Å²) in [5.41, 5.74) is 4.28. The quantitative estimate of drug-likeness (QED) is 0.206. The van der Waals surface area contributed by atoms with Gasteiger partial charge in [0.25, 0.3) is 0 Å². The van der Waals surface area contributed by atoms with Crippen molar-refractivity contribution in [3.63, 3.8) is 0 Å². The van der Waals surface area contributed by atoms with Crippen molar-refractivity contribution < 1.29 is 4.79 Å². The van der Waals surface area contributed by atoms with Crippen LogP contribution >= 0.6 is 24.0 Å². The molecule has 7 nitrogen and oxygen atoms in total. The lowest BCUT2D eigenvalue weighted by atomic mass is 10.1. The molecule has 0 bridgehead atoms. The van der Waals surface area contributed by atoms with Crippen LogP contribution < -0.4 is 16.0 Å². The summed E-state index contributed by atoms with van der Waals surface area (Å²) in [5, 5.41) is 14.0. The first kappa shape index (κ1) is 26.4. The first-order valence-electron chi connectivity index (χ1n) is 10.9. The van der Waals surface area contributed by atoms with Crippen LogP contribution in [0.3, 0.4) is 0 Å². The number of hydrogen-bond donors (Lipinski definition) is 3. The van der Waals surface area contributed by atoms with Gasteiger partial charge in [-0.2, -0.15) is 5.10 Å². The maximum absolute atomic E-state index is 12.0. The van der Waals surface area contributed by atoms with E-state index in [1.165, 1.54) is 11.1 Å². The van der Waals surface area contributed by atoms with Crippen molar-refractivity contribution in [2.24, 2.45) is 10.9 Å². The number of nitrogens with zero attached hydrogens (tertiary/aromatic N) is 3. The van der Waals surface area contributed by atoms with Crippen LogP contribution in [0.2, 0.25) is 0 Å². The molecule has 1 aromatic heterocycles. The molecule has 2 aromatic carbocycles. The number of aliphatic imine (C=N–C) groups is 1. The number of amides is 1. The third-order valence-electron chi connectivity index (χ3n) is 4.94. The smallest absolute Gasteiger partial charge is 0.224 e. The first-order valence-corrected chi connectivity index (χ1v) is 10.9. The van der Waals surface area contributed by atoms with Crippen molar-refractivity contribution in [3.8, 4) is 0 Å². The van der Waals surface area contributed by atoms with E-state index in [0.29, 0.717) is 31.4 Å². The fourth-order valence-corrected chi connectivity index (χ4v) is 3.38. The molecule has 1 amide bonds. The van der Waals surface area contributed by atoms with Crippen molar-refractivity contribution in [2.45, 2.75) is 39.9 Å². The Balaban J connectivity index is 0.00000385. The molecular weight excluding hydrogens is 527 g/mol. The second kappa shape index (κ2) is 13.6. The zero-order valence-corrected chi connectivity index (χ0v) is 21.7. The number of aromatic nitrogens is 2. The molecule has 0 saturated heterocycles. The Morgan fingerprint density at radius 2 is 1.79 bits per heavy atom. The Morgan fingerprint density at radius 3 is 2.48 bits per heavy atom. The molecule has 0 aliphatic carbocycles. The van der Waals surface area contributed by atoms with Crippen molar-refractivity contribution in [1.29, 1.82) is 0 Å². The minimum Gasteiger partial charge on any atom is -0.352 e. The van der Waals surface area contributed by atoms with Gasteiger partial charge in [-0.05, 0) is 40.8 Å². The van der Waals surface area contributed by atoms with Gasteiger partial charge in [-0.1, -0.05) is 50.2 Å². The largest absolute Gasteiger partial charge is 0.352 e. The molecule has 3 N–H and O–H groups in total. The zero-order valence-electron chi connectivity index (χ0n) is 19.4. The Hall–Kier alpha value is -2.88. The summed E-state index contributed by atoms with van der Waals surface area (Å²) in [6.45, 7) is 6.06. The Labute approximate surface area is 213 Å². The maximum Gasteiger partial charge on any atom is 0.224 e. The summed E-state index contributed by atoms with van der Waals surface area (Å²) in [6, 6.07) is 18.1. The van der Waals surface area contributed by atoms with Gasteiger partial charge >= 0.3 is 0 Å². The number of carbonyl (C=O) groups is 1. The molecular formula is C25H33IN6O. The molecule has 33 heavy (non-hydrogen) atoms. The fourth-order valence-electron chi connectivity index (χ4n) is 3.38. The van der Waals surface area contributed by atoms with Gasteiger partial charge < -0.3 is 16.0 Å². The maximum atomic E-state index is 12.0. The highest BCUT2D eigenvalue weighted by molar-refractivity contribution is 14.0. The Morgan fingerprint density at radius 1 is 1.03 bits per heavy atom. The molecule has 1 heterocycles. The van der Waals surface area contributed by atoms with Crippen LogP contribution in [0.25, 0.3) is 0 Å². The van der Waals surface area contributed by atoms with Crippen LogP contribution in [0.1, 0.15) is 37.0 Å². The van der Waals surface area contributed by atoms with E-state index in [9.17, 15) is 4.79 Å². The van der Waals surface area contributed by atoms with E-state index in [-0.39, 0.29) is 29.9 Å². The summed E-state index contributed by atoms with van der Waals surface area (Å²) >= 11 is 0. The van der Waals surface area contributed by atoms with E-state index in [1.807, 2.05) is 67.2 Å². The van der Waals surface area contributed by atoms with Crippen LogP contribution in [-0.4, -0.2) is 28.7 Å². The van der Waals surface area contributed by atoms with Gasteiger partial charge in [-0.15, -0.1) is 24.0 Å². The SMILES string of the molecule is CN=C(NCc1cccc(NC(=O)CC(C)C)c1)NCc1ccccc1Cn1cccn1.I. The van der Waals surface area contributed by atoms with Gasteiger partial charge in [-0.25, -0.2) is 0 Å². The molecule has 176 valence electrons. The predicted molar refractivity (Wildman–Crippen MR) is 145 cm³/mol. The lowest BCUT2D eigenvalue weighted by molar-refractivity contribution is -0.116. The predicted octanol–water partition coefficient (Wildman–Crippen LogP) is 4.40. The van der Waals surface area contributed by atoms with Gasteiger partial charge in [-0.3, -0.25) is 14.5 Å². The lowest BCUT2D eigenvalue weighted by Gasteiger charge is -2.15. The average molecular weight is 560 g/mol. The van der Waals surface area contributed by atoms with Gasteiger partial charge in [0, 0.05) is 44.6 Å². The molecule has 0 radical (unpaired) electrons. The Kier molecular flexibility index (Phi) is 10.9. The minimum absolute atomic E-state index is 0. The first-order chi connectivity index (χ1) is 15.5. The van der Waals surface area contributed by atoms with Crippen LogP contribution in [0.4, 0.5) is 5.69 Å². The van der Waals surface area contributed by atoms with Crippen LogP contribution in [-0.2, 0) is 24.4 Å². The summed E-state index contributed by atoms with van der Waals surface area (Å²) in [5.74, 6) is 1.09. The zero-order chi connectivity index (χ0) is 22.8. The molecule has 3 aromatic rings. The summed E-state index contributed by atoms with van der Waals surface area (Å²) < 4.78 is 1.92. The van der Waals surface area contributed by atoms with Crippen LogP contribution in [0.5, 0.6) is 0 Å². The standard InChI is InChI=1S/C25H32N6O.HI/c1-19(2)14-24(32)30-23-11-6-8-20(15-23)16-27-25(26-3)28-17-21-9-4-5-10-22(21)18-31-13-7-12-29-31;/h4-13,15,19H,14,16-18H2,1-3H3,(H,30,32)(H2,26,27,28);1H. The van der Waals surface area contributed by atoms with E-state index in [0.717, 1.165) is 17.8 Å². The number of guanidine groups is 1. The highest BCUT2D eigenvalue weighted by atomic mass is 127. The number of halogens is 1. The third-order valence-corrected chi connectivity index (χ3v) is 4.94. The molecule has 0 aliphatic heterocycles. The van der Waals surface area contributed by atoms with E-state index in [4.69, 9.17) is 0 Å². The molecule has 3 rings (SSSR count). The highest BCUT2D eigenvalue weighted by Crippen LogP contribution is 2.13. The monoisotopic (exact) mass is 560 g/mol. The van der Waals surface area contributed by atoms with Crippen molar-refractivity contribution in [2.75, 3.05) is 12.4 Å². The van der Waals surface area contributed by atoms with E-state index < -0.39 is 0 Å². The molecule has 0 spiro atoms. The lowest BCUT2D eigenvalue weighted by Crippen LogP contribution is -2.36. The highest BCUT2D eigenvalue weighted by Gasteiger charge is 2.07. The normalized spacial score (nSPS) is 11.1. The van der Waals surface area contributed by atoms with Crippen molar-refractivity contribution in [1.82, 2.24) is 20.4 Å². The van der Waals surface area contributed by atoms with Gasteiger partial charge in [0.05, 0.1) is 6.54 Å². The van der Waals surface area contributed by atoms with E-state index in [1.54, 1.807) is 13.2 Å². The molecule has 0 aliphatic rings. The number of benzene rings is 2. The number of rotatable bonds is 9. The number of hydrogen-bond acceptors (Lipinski definition) is 3. The van der Waals surface area contributed by atoms with Crippen molar-refractivity contribution in [3.05, 3.63) is 83.7 Å². The second-order valence-corrected chi connectivity index (χ2v) is 8.10. The van der Waals surface area contributed by atoms with E-state index in [2.05, 4.69) is 38.2 Å². The average Bonchev–Trinajstić information content (AvgIpc) is 3.27. The number of carbonyl (C=O) groups excluding carboxylic acids is 1. The molecule has 8 heteroatoms. The molecule has 0 unspecified atom stereocenters. The minimum atomic E-state index is 0. The second-order valence-electron chi connectivity index (χ2n) is 8.10.